The maximum absolute atomic E-state index is 6.62. The summed E-state index contributed by atoms with van der Waals surface area (Å²) in [6.45, 7) is 4.95. The topological polar surface area (TPSA) is 29.3 Å². The molecule has 21 heavy (non-hydrogen) atoms. The number of nitrogens with zero attached hydrogens (tertiary/aromatic N) is 1. The van der Waals surface area contributed by atoms with Crippen molar-refractivity contribution in [3.63, 3.8) is 0 Å². The van der Waals surface area contributed by atoms with Gasteiger partial charge in [0.25, 0.3) is 0 Å². The van der Waals surface area contributed by atoms with E-state index in [1.807, 2.05) is 0 Å². The molecule has 2 rings (SSSR count). The Kier molecular flexibility index (Phi) is 8.10. The second-order valence-corrected chi connectivity index (χ2v) is 7.52. The number of hydrogen-bond donors (Lipinski definition) is 1. The van der Waals surface area contributed by atoms with E-state index in [-0.39, 0.29) is 0 Å². The molecule has 1 aliphatic carbocycles. The first-order chi connectivity index (χ1) is 10.3. The van der Waals surface area contributed by atoms with Gasteiger partial charge in [-0.05, 0) is 44.7 Å². The van der Waals surface area contributed by atoms with Crippen LogP contribution >= 0.6 is 0 Å². The van der Waals surface area contributed by atoms with E-state index in [9.17, 15) is 0 Å². The molecule has 2 heteroatoms. The van der Waals surface area contributed by atoms with Gasteiger partial charge in [-0.15, -0.1) is 0 Å². The Balaban J connectivity index is 1.86. The van der Waals surface area contributed by atoms with Gasteiger partial charge in [0.2, 0.25) is 0 Å². The summed E-state index contributed by atoms with van der Waals surface area (Å²) in [5.74, 6) is 0.976. The molecule has 2 atom stereocenters. The number of piperidine rings is 1. The first kappa shape index (κ1) is 17.3. The fourth-order valence-corrected chi connectivity index (χ4v) is 4.35. The van der Waals surface area contributed by atoms with Gasteiger partial charge in [-0.2, -0.15) is 0 Å². The Bertz CT molecular complexity index is 258. The molecule has 2 fully saturated rings. The van der Waals surface area contributed by atoms with E-state index >= 15 is 0 Å². The van der Waals surface area contributed by atoms with Gasteiger partial charge in [0.15, 0.2) is 0 Å². The lowest BCUT2D eigenvalue weighted by Gasteiger charge is -2.40. The van der Waals surface area contributed by atoms with Crippen LogP contribution in [0.1, 0.15) is 90.4 Å². The van der Waals surface area contributed by atoms with Crippen LogP contribution in [0.2, 0.25) is 0 Å². The normalized spacial score (nSPS) is 32.3. The average Bonchev–Trinajstić information content (AvgIpc) is 2.51. The molecule has 0 bridgehead atoms. The third-order valence-electron chi connectivity index (χ3n) is 5.98. The molecule has 2 N–H and O–H groups in total. The monoisotopic (exact) mass is 294 g/mol. The van der Waals surface area contributed by atoms with Crippen LogP contribution in [0.3, 0.4) is 0 Å². The van der Waals surface area contributed by atoms with Gasteiger partial charge in [0, 0.05) is 12.1 Å². The van der Waals surface area contributed by atoms with Gasteiger partial charge < -0.3 is 5.73 Å². The fraction of sp³-hybridized carbons (Fsp3) is 1.00. The van der Waals surface area contributed by atoms with Crippen LogP contribution < -0.4 is 5.73 Å². The highest BCUT2D eigenvalue weighted by Gasteiger charge is 2.28. The number of rotatable bonds is 2. The molecule has 0 aromatic rings. The summed E-state index contributed by atoms with van der Waals surface area (Å²) in [6.07, 6.45) is 18.1. The van der Waals surface area contributed by atoms with E-state index in [4.69, 9.17) is 5.73 Å². The minimum atomic E-state index is 0.419. The van der Waals surface area contributed by atoms with Crippen molar-refractivity contribution >= 4 is 0 Å². The summed E-state index contributed by atoms with van der Waals surface area (Å²) < 4.78 is 0. The van der Waals surface area contributed by atoms with Gasteiger partial charge in [-0.25, -0.2) is 0 Å². The van der Waals surface area contributed by atoms with Crippen LogP contribution in [0, 0.1) is 5.92 Å². The van der Waals surface area contributed by atoms with Crippen molar-refractivity contribution in [2.75, 3.05) is 13.1 Å². The molecular weight excluding hydrogens is 256 g/mol. The first-order valence-electron chi connectivity index (χ1n) is 9.81. The summed E-state index contributed by atoms with van der Waals surface area (Å²) in [7, 11) is 0. The Labute approximate surface area is 132 Å². The van der Waals surface area contributed by atoms with Crippen LogP contribution in [0.25, 0.3) is 0 Å². The zero-order valence-corrected chi connectivity index (χ0v) is 14.4. The molecule has 1 saturated carbocycles. The summed E-state index contributed by atoms with van der Waals surface area (Å²) in [5, 5.41) is 0. The SMILES string of the molecule is CCC1CCN(C2CCCCCCCCCCC2N)CC1. The van der Waals surface area contributed by atoms with Crippen molar-refractivity contribution in [3.8, 4) is 0 Å². The van der Waals surface area contributed by atoms with Crippen molar-refractivity contribution in [1.82, 2.24) is 4.90 Å². The Morgan fingerprint density at radius 3 is 1.86 bits per heavy atom. The molecule has 2 nitrogen and oxygen atoms in total. The van der Waals surface area contributed by atoms with E-state index in [0.29, 0.717) is 12.1 Å². The molecule has 0 radical (unpaired) electrons. The Morgan fingerprint density at radius 1 is 0.762 bits per heavy atom. The molecule has 0 aromatic carbocycles. The summed E-state index contributed by atoms with van der Waals surface area (Å²) in [5.41, 5.74) is 6.62. The lowest BCUT2D eigenvalue weighted by molar-refractivity contribution is 0.103. The number of hydrogen-bond acceptors (Lipinski definition) is 2. The van der Waals surface area contributed by atoms with Gasteiger partial charge >= 0.3 is 0 Å². The van der Waals surface area contributed by atoms with Crippen LogP contribution in [-0.4, -0.2) is 30.1 Å². The summed E-state index contributed by atoms with van der Waals surface area (Å²) >= 11 is 0. The van der Waals surface area contributed by atoms with E-state index in [1.54, 1.807) is 0 Å². The lowest BCUT2D eigenvalue weighted by atomic mass is 9.89. The maximum Gasteiger partial charge on any atom is 0.0247 e. The Morgan fingerprint density at radius 2 is 1.29 bits per heavy atom. The molecule has 2 unspecified atom stereocenters. The number of likely N-dealkylation sites (tertiary alicyclic amines) is 1. The highest BCUT2D eigenvalue weighted by molar-refractivity contribution is 4.85. The van der Waals surface area contributed by atoms with Gasteiger partial charge in [-0.1, -0.05) is 64.7 Å². The van der Waals surface area contributed by atoms with Crippen LogP contribution in [0.4, 0.5) is 0 Å². The fourth-order valence-electron chi connectivity index (χ4n) is 4.35. The predicted molar refractivity (Wildman–Crippen MR) is 92.5 cm³/mol. The zero-order valence-electron chi connectivity index (χ0n) is 14.4. The molecule has 124 valence electrons. The molecule has 1 heterocycles. The first-order valence-corrected chi connectivity index (χ1v) is 9.81. The molecule has 1 saturated heterocycles. The zero-order chi connectivity index (χ0) is 14.9. The minimum Gasteiger partial charge on any atom is -0.326 e. The lowest BCUT2D eigenvalue weighted by Crippen LogP contribution is -2.50. The van der Waals surface area contributed by atoms with E-state index in [0.717, 1.165) is 5.92 Å². The van der Waals surface area contributed by atoms with Crippen LogP contribution in [0.15, 0.2) is 0 Å². The van der Waals surface area contributed by atoms with Gasteiger partial charge in [0.05, 0.1) is 0 Å². The molecular formula is C19H38N2. The second kappa shape index (κ2) is 9.84. The van der Waals surface area contributed by atoms with Crippen molar-refractivity contribution in [2.24, 2.45) is 11.7 Å². The highest BCUT2D eigenvalue weighted by atomic mass is 15.2. The van der Waals surface area contributed by atoms with Crippen molar-refractivity contribution in [2.45, 2.75) is 102 Å². The molecule has 0 spiro atoms. The van der Waals surface area contributed by atoms with Crippen molar-refractivity contribution in [3.05, 3.63) is 0 Å². The average molecular weight is 295 g/mol. The van der Waals surface area contributed by atoms with E-state index in [1.165, 1.54) is 96.6 Å². The highest BCUT2D eigenvalue weighted by Crippen LogP contribution is 2.26. The van der Waals surface area contributed by atoms with Crippen LogP contribution in [0.5, 0.6) is 0 Å². The van der Waals surface area contributed by atoms with Crippen LogP contribution in [-0.2, 0) is 0 Å². The quantitative estimate of drug-likeness (QED) is 0.798. The van der Waals surface area contributed by atoms with Crippen molar-refractivity contribution in [1.29, 1.82) is 0 Å². The molecule has 2 aliphatic rings. The summed E-state index contributed by atoms with van der Waals surface area (Å²) in [6, 6.07) is 1.09. The smallest absolute Gasteiger partial charge is 0.0247 e. The molecule has 0 aromatic heterocycles. The minimum absolute atomic E-state index is 0.419. The van der Waals surface area contributed by atoms with Gasteiger partial charge in [-0.3, -0.25) is 4.90 Å². The maximum atomic E-state index is 6.62. The summed E-state index contributed by atoms with van der Waals surface area (Å²) in [4.78, 5) is 2.75. The van der Waals surface area contributed by atoms with Gasteiger partial charge in [0.1, 0.15) is 0 Å². The number of nitrogens with two attached hydrogens (primary N) is 1. The molecule has 0 amide bonds. The third kappa shape index (κ3) is 5.90. The largest absolute Gasteiger partial charge is 0.326 e. The van der Waals surface area contributed by atoms with E-state index < -0.39 is 0 Å². The predicted octanol–water partition coefficient (Wildman–Crippen LogP) is 4.72. The second-order valence-electron chi connectivity index (χ2n) is 7.52. The van der Waals surface area contributed by atoms with Crippen molar-refractivity contribution < 1.29 is 0 Å². The molecule has 1 aliphatic heterocycles. The van der Waals surface area contributed by atoms with E-state index in [2.05, 4.69) is 11.8 Å². The Hall–Kier alpha value is -0.0800. The standard InChI is InChI=1S/C19H38N2/c1-2-17-13-15-21(16-14-17)19-12-10-8-6-4-3-5-7-9-11-18(19)20/h17-19H,2-16,20H2,1H3. The third-order valence-corrected chi connectivity index (χ3v) is 5.98.